The molecule has 3 aromatic carbocycles. The number of anilines is 2. The van der Waals surface area contributed by atoms with E-state index in [9.17, 15) is 63.9 Å². The largest absolute Gasteiger partial charge is 0.493 e. The van der Waals surface area contributed by atoms with Crippen molar-refractivity contribution in [2.24, 2.45) is 16.2 Å². The Morgan fingerprint density at radius 2 is 1.59 bits per heavy atom. The number of amides is 6. The third-order valence-corrected chi connectivity index (χ3v) is 20.4. The lowest BCUT2D eigenvalue weighted by molar-refractivity contribution is -0.271. The molecule has 3 aromatic heterocycles. The fourth-order valence-electron chi connectivity index (χ4n) is 16.1. The van der Waals surface area contributed by atoms with Crippen molar-refractivity contribution in [2.45, 2.75) is 135 Å². The highest BCUT2D eigenvalue weighted by Crippen LogP contribution is 2.72. The first-order valence-corrected chi connectivity index (χ1v) is 33.3. The molecule has 7 atom stereocenters. The Labute approximate surface area is 566 Å². The zero-order valence-corrected chi connectivity index (χ0v) is 55.4. The molecule has 13 rings (SSSR count). The molecule has 2 unspecified atom stereocenters. The number of hydrogen-bond donors (Lipinski definition) is 8. The van der Waals surface area contributed by atoms with Gasteiger partial charge in [0.2, 0.25) is 18.1 Å². The molecule has 0 radical (unpaired) electrons. The lowest BCUT2D eigenvalue weighted by Crippen LogP contribution is -2.64. The maximum atomic E-state index is 14.3. The predicted octanol–water partition coefficient (Wildman–Crippen LogP) is 5.37. The quantitative estimate of drug-likeness (QED) is 0.0250. The van der Waals surface area contributed by atoms with E-state index < -0.39 is 78.6 Å². The molecule has 98 heavy (non-hydrogen) atoms. The third kappa shape index (κ3) is 14.6. The number of carbonyl (C=O) groups is 8. The van der Waals surface area contributed by atoms with Crippen LogP contribution >= 0.6 is 11.3 Å². The summed E-state index contributed by atoms with van der Waals surface area (Å²) in [5.41, 5.74) is 4.15. The summed E-state index contributed by atoms with van der Waals surface area (Å²) in [7, 11) is 1.49. The van der Waals surface area contributed by atoms with Gasteiger partial charge >= 0.3 is 18.0 Å². The van der Waals surface area contributed by atoms with E-state index >= 15 is 0 Å². The number of para-hydroxylation sites is 1. The SMILES string of the molecule is CNC(=O)CCN(CCOC12CC3(C)CC(C)(CC(Cn4ncc(-c5ccc(N6CCc7cccc(C(=O)Nc8nc9ccccc9s8)c7C6)nc5C(=O)O)c4C)(C3)C1)C2)C(=O)OCc1ccc(O[C@@H]2O[C@H](C(=O)O)[C@@H](O)[C@H](O)[C@H]2O)cc1OCCCNC(=O)CN1C(=O)C=CC1=O. The van der Waals surface area contributed by atoms with Gasteiger partial charge in [0.15, 0.2) is 16.9 Å². The molecule has 1 saturated heterocycles. The number of aliphatic hydroxyl groups excluding tert-OH is 3. The molecule has 518 valence electrons. The number of fused-ring (bicyclic) bond motifs is 2. The minimum absolute atomic E-state index is 0.0300. The molecular weight excluding hydrogens is 1290 g/mol. The number of thiazole rings is 1. The maximum Gasteiger partial charge on any atom is 0.410 e. The number of nitrogens with zero attached hydrogens (tertiary/aromatic N) is 7. The van der Waals surface area contributed by atoms with Crippen LogP contribution in [0, 0.1) is 23.2 Å². The van der Waals surface area contributed by atoms with E-state index in [0.717, 1.165) is 76.2 Å². The van der Waals surface area contributed by atoms with E-state index in [-0.39, 0.29) is 97.5 Å². The van der Waals surface area contributed by atoms with Crippen molar-refractivity contribution >= 4 is 80.1 Å². The number of aromatic nitrogens is 4. The van der Waals surface area contributed by atoms with Crippen molar-refractivity contribution < 1.29 is 87.6 Å². The Hall–Kier alpha value is -9.39. The van der Waals surface area contributed by atoms with Crippen molar-refractivity contribution in [3.8, 4) is 22.6 Å². The lowest BCUT2D eigenvalue weighted by Gasteiger charge is -2.69. The molecule has 4 bridgehead atoms. The molecule has 5 fully saturated rings. The molecule has 8 N–H and O–H groups in total. The number of nitrogens with one attached hydrogen (secondary N) is 3. The number of benzene rings is 3. The Morgan fingerprint density at radius 1 is 0.827 bits per heavy atom. The average Bonchev–Trinajstić information content (AvgIpc) is 0.783. The van der Waals surface area contributed by atoms with Crippen molar-refractivity contribution in [2.75, 3.05) is 63.2 Å². The van der Waals surface area contributed by atoms with Gasteiger partial charge in [-0.1, -0.05) is 49.4 Å². The van der Waals surface area contributed by atoms with Gasteiger partial charge in [-0.2, -0.15) is 5.10 Å². The number of aliphatic hydroxyl groups is 3. The number of aliphatic carboxylic acids is 1. The summed E-state index contributed by atoms with van der Waals surface area (Å²) < 4.78 is 33.1. The molecule has 0 spiro atoms. The molecule has 6 aromatic rings. The summed E-state index contributed by atoms with van der Waals surface area (Å²) in [4.78, 5) is 116. The molecule has 6 heterocycles. The highest BCUT2D eigenvalue weighted by atomic mass is 32.1. The number of pyridine rings is 1. The average molecular weight is 1370 g/mol. The first-order chi connectivity index (χ1) is 46.8. The summed E-state index contributed by atoms with van der Waals surface area (Å²) >= 11 is 1.40. The maximum absolute atomic E-state index is 14.3. The monoisotopic (exact) mass is 1370 g/mol. The van der Waals surface area contributed by atoms with E-state index in [1.54, 1.807) is 18.3 Å². The number of ether oxygens (including phenoxy) is 5. The molecule has 28 nitrogen and oxygen atoms in total. The Kier molecular flexibility index (Phi) is 19.5. The van der Waals surface area contributed by atoms with Crippen LogP contribution in [0.15, 0.2) is 91.1 Å². The second-order valence-electron chi connectivity index (χ2n) is 27.2. The topological polar surface area (TPSA) is 373 Å². The number of carboxylic acid groups (broad SMARTS) is 2. The highest BCUT2D eigenvalue weighted by molar-refractivity contribution is 7.22. The fraction of sp³-hybridized carbons (Fsp3) is 0.464. The Morgan fingerprint density at radius 3 is 2.33 bits per heavy atom. The van der Waals surface area contributed by atoms with E-state index in [0.29, 0.717) is 65.7 Å². The Balaban J connectivity index is 0.710. The fourth-order valence-corrected chi connectivity index (χ4v) is 17.0. The minimum atomic E-state index is -1.97. The van der Waals surface area contributed by atoms with Gasteiger partial charge in [-0.05, 0) is 128 Å². The summed E-state index contributed by atoms with van der Waals surface area (Å²) in [6.07, 6.45) is -0.596. The van der Waals surface area contributed by atoms with Gasteiger partial charge in [0.1, 0.15) is 48.8 Å². The van der Waals surface area contributed by atoms with Gasteiger partial charge < -0.3 is 69.7 Å². The minimum Gasteiger partial charge on any atom is -0.493 e. The number of hydrogen-bond acceptors (Lipinski definition) is 21. The van der Waals surface area contributed by atoms with Crippen molar-refractivity contribution in [1.29, 1.82) is 0 Å². The van der Waals surface area contributed by atoms with E-state index in [1.165, 1.54) is 41.5 Å². The summed E-state index contributed by atoms with van der Waals surface area (Å²) in [6.45, 7) is 7.26. The third-order valence-electron chi connectivity index (χ3n) is 19.4. The van der Waals surface area contributed by atoms with Crippen LogP contribution in [0.2, 0.25) is 0 Å². The highest BCUT2D eigenvalue weighted by Gasteiger charge is 2.66. The number of imide groups is 1. The predicted molar refractivity (Wildman–Crippen MR) is 352 cm³/mol. The van der Waals surface area contributed by atoms with Gasteiger partial charge in [-0.3, -0.25) is 38.9 Å². The second kappa shape index (κ2) is 27.9. The zero-order valence-electron chi connectivity index (χ0n) is 54.6. The molecule has 4 aliphatic carbocycles. The lowest BCUT2D eigenvalue weighted by atomic mass is 9.39. The zero-order chi connectivity index (χ0) is 69.4. The number of aromatic carboxylic acids is 1. The van der Waals surface area contributed by atoms with Crippen molar-refractivity contribution in [3.05, 3.63) is 125 Å². The number of carbonyl (C=O) groups excluding carboxylic acids is 6. The molecule has 29 heteroatoms. The van der Waals surface area contributed by atoms with Crippen LogP contribution < -0.4 is 30.3 Å². The molecule has 7 aliphatic rings. The standard InChI is InChI=1S/C69H78N10O18S/c1-39-45(43-15-16-50(74-55(43)61(88)89)77-22-19-40-9-7-10-44(46(40)29-77)60(87)75-64-73-47-11-5-6-12-49(47)98-64)28-72-79(39)38-68-33-66(2)32-67(3,34-68)36-69(35-66,37-68)95-26-24-76(23-20-51(80)70-4)65(92)94-31-41-13-14-42(96-63-58(86)56(84)57(85)59(97-63)62(90)91)27-48(41)93-25-8-21-71-52(81)30-78-53(82)17-18-54(78)83/h5-7,9-18,27-28,56-59,63,84-86H,8,19-26,29-38H2,1-4H3,(H,70,80)(H,71,81)(H,88,89)(H,90,91)(H,73,75,87)/t56-,57-,58+,59-,63+,66?,67?,68?,69?/m0/s1. The van der Waals surface area contributed by atoms with Crippen LogP contribution in [0.25, 0.3) is 21.3 Å². The van der Waals surface area contributed by atoms with Gasteiger partial charge in [-0.15, -0.1) is 0 Å². The van der Waals surface area contributed by atoms with Crippen LogP contribution in [-0.4, -0.2) is 192 Å². The second-order valence-corrected chi connectivity index (χ2v) is 28.2. The van der Waals surface area contributed by atoms with Crippen LogP contribution in [-0.2, 0) is 64.3 Å². The van der Waals surface area contributed by atoms with Crippen LogP contribution in [0.1, 0.15) is 108 Å². The Bertz CT molecular complexity index is 4090. The summed E-state index contributed by atoms with van der Waals surface area (Å²) in [6, 6.07) is 21.2. The molecule has 3 aliphatic heterocycles. The first kappa shape index (κ1) is 68.5. The number of carboxylic acids is 2. The van der Waals surface area contributed by atoms with Gasteiger partial charge in [0.25, 0.3) is 17.7 Å². The summed E-state index contributed by atoms with van der Waals surface area (Å²) in [5, 5.41) is 65.4. The van der Waals surface area contributed by atoms with E-state index in [1.807, 2.05) is 59.0 Å². The van der Waals surface area contributed by atoms with E-state index in [2.05, 4.69) is 34.8 Å². The van der Waals surface area contributed by atoms with E-state index in [4.69, 9.17) is 33.8 Å². The van der Waals surface area contributed by atoms with Crippen LogP contribution in [0.5, 0.6) is 11.5 Å². The molecule has 6 amide bonds. The molecular formula is C69H78N10O18S. The van der Waals surface area contributed by atoms with Gasteiger partial charge in [0.05, 0.1) is 35.2 Å². The van der Waals surface area contributed by atoms with Gasteiger partial charge in [0, 0.05) is 98.9 Å². The van der Waals surface area contributed by atoms with Crippen LogP contribution in [0.3, 0.4) is 0 Å². The van der Waals surface area contributed by atoms with Crippen LogP contribution in [0.4, 0.5) is 15.7 Å². The normalized spacial score (nSPS) is 25.3. The van der Waals surface area contributed by atoms with Crippen molar-refractivity contribution in [3.63, 3.8) is 0 Å². The van der Waals surface area contributed by atoms with Gasteiger partial charge in [-0.25, -0.2) is 24.4 Å². The number of rotatable bonds is 26. The summed E-state index contributed by atoms with van der Waals surface area (Å²) in [5.74, 6) is -4.72. The first-order valence-electron chi connectivity index (χ1n) is 32.5. The molecule has 4 saturated carbocycles. The van der Waals surface area contributed by atoms with Crippen molar-refractivity contribution in [1.82, 2.24) is 40.2 Å². The smallest absolute Gasteiger partial charge is 0.410 e.